The first kappa shape index (κ1) is 27.8. The molecule has 0 aliphatic carbocycles. The summed E-state index contributed by atoms with van der Waals surface area (Å²) in [5, 5.41) is 4.02. The van der Waals surface area contributed by atoms with Crippen molar-refractivity contribution in [2.75, 3.05) is 0 Å². The molecule has 2 rings (SSSR count). The average Bonchev–Trinajstić information content (AvgIpc) is 2.84. The molecule has 0 fully saturated rings. The molecule has 0 atom stereocenters. The molecule has 0 saturated carbocycles. The number of hydrogen-bond donors (Lipinski definition) is 1. The summed E-state index contributed by atoms with van der Waals surface area (Å²) >= 11 is 3.35. The minimum atomic E-state index is -0.427. The maximum atomic E-state index is 12.3. The number of benzene rings is 2. The summed E-state index contributed by atoms with van der Waals surface area (Å²) in [7, 11) is 0. The first-order chi connectivity index (χ1) is 16.6. The molecule has 0 aliphatic rings. The van der Waals surface area contributed by atoms with E-state index in [2.05, 4.69) is 33.4 Å². The van der Waals surface area contributed by atoms with Crippen LogP contribution in [0.2, 0.25) is 0 Å². The van der Waals surface area contributed by atoms with Crippen molar-refractivity contribution in [1.29, 1.82) is 0 Å². The van der Waals surface area contributed by atoms with Gasteiger partial charge in [-0.2, -0.15) is 5.10 Å². The van der Waals surface area contributed by atoms with Crippen LogP contribution in [0.5, 0.6) is 5.75 Å². The van der Waals surface area contributed by atoms with E-state index in [1.165, 1.54) is 57.8 Å². The van der Waals surface area contributed by atoms with Gasteiger partial charge >= 0.3 is 5.97 Å². The van der Waals surface area contributed by atoms with Crippen LogP contribution in [0.3, 0.4) is 0 Å². The smallest absolute Gasteiger partial charge is 0.344 e. The number of carbonyl (C=O) groups is 2. The van der Waals surface area contributed by atoms with Gasteiger partial charge in [-0.1, -0.05) is 83.3 Å². The maximum absolute atomic E-state index is 12.3. The quantitative estimate of drug-likeness (QED) is 0.0793. The summed E-state index contributed by atoms with van der Waals surface area (Å²) in [4.78, 5) is 24.2. The Morgan fingerprint density at radius 3 is 2.06 bits per heavy atom. The van der Waals surface area contributed by atoms with E-state index in [1.54, 1.807) is 48.7 Å². The summed E-state index contributed by atoms with van der Waals surface area (Å²) in [6.45, 7) is 2.25. The van der Waals surface area contributed by atoms with E-state index in [0.717, 1.165) is 18.4 Å². The second kappa shape index (κ2) is 17.0. The molecule has 0 spiro atoms. The Bertz CT molecular complexity index is 897. The fourth-order valence-electron chi connectivity index (χ4n) is 3.60. The number of hydrazone groups is 1. The highest BCUT2D eigenvalue weighted by molar-refractivity contribution is 9.10. The lowest BCUT2D eigenvalue weighted by Crippen LogP contribution is -2.16. The topological polar surface area (TPSA) is 67.8 Å². The van der Waals surface area contributed by atoms with Crippen LogP contribution in [0.15, 0.2) is 58.1 Å². The summed E-state index contributed by atoms with van der Waals surface area (Å²) in [6, 6.07) is 14.1. The van der Waals surface area contributed by atoms with Crippen LogP contribution in [0, 0.1) is 0 Å². The van der Waals surface area contributed by atoms with Gasteiger partial charge in [0.2, 0.25) is 5.91 Å². The van der Waals surface area contributed by atoms with Gasteiger partial charge in [0.25, 0.3) is 0 Å². The zero-order valence-electron chi connectivity index (χ0n) is 20.2. The van der Waals surface area contributed by atoms with Crippen LogP contribution in [-0.4, -0.2) is 18.1 Å². The summed E-state index contributed by atoms with van der Waals surface area (Å²) in [6.07, 6.45) is 16.0. The Morgan fingerprint density at radius 2 is 1.44 bits per heavy atom. The molecule has 0 saturated heterocycles. The van der Waals surface area contributed by atoms with E-state index in [0.29, 0.717) is 22.2 Å². The molecule has 0 heterocycles. The third-order valence-corrected chi connectivity index (χ3v) is 6.29. The Labute approximate surface area is 212 Å². The minimum Gasteiger partial charge on any atom is -0.423 e. The molecule has 2 aromatic carbocycles. The first-order valence-electron chi connectivity index (χ1n) is 12.5. The molecular formula is C28H37BrN2O3. The van der Waals surface area contributed by atoms with Gasteiger partial charge in [0.05, 0.1) is 11.8 Å². The third-order valence-electron chi connectivity index (χ3n) is 5.59. The van der Waals surface area contributed by atoms with Gasteiger partial charge in [0.1, 0.15) is 5.75 Å². The number of nitrogens with one attached hydrogen (secondary N) is 1. The fourth-order valence-corrected chi connectivity index (χ4v) is 4.04. The first-order valence-corrected chi connectivity index (χ1v) is 13.3. The van der Waals surface area contributed by atoms with E-state index >= 15 is 0 Å². The van der Waals surface area contributed by atoms with Crippen molar-refractivity contribution in [2.24, 2.45) is 5.10 Å². The Hall–Kier alpha value is -2.47. The molecule has 184 valence electrons. The van der Waals surface area contributed by atoms with Crippen molar-refractivity contribution in [1.82, 2.24) is 5.43 Å². The SMILES string of the molecule is CCCCCCCCCCCCCC(=O)N/N=C\c1ccc(OC(=O)c2ccccc2Br)cc1. The lowest BCUT2D eigenvalue weighted by atomic mass is 10.1. The van der Waals surface area contributed by atoms with Gasteiger partial charge in [0.15, 0.2) is 0 Å². The Balaban J connectivity index is 1.56. The molecule has 6 heteroatoms. The second-order valence-electron chi connectivity index (χ2n) is 8.52. The standard InChI is InChI=1S/C28H37BrN2O3/c1-2-3-4-5-6-7-8-9-10-11-12-17-27(32)31-30-22-23-18-20-24(21-19-23)34-28(33)25-15-13-14-16-26(25)29/h13-16,18-22H,2-12,17H2,1H3,(H,31,32)/b30-22-. The molecule has 2 aromatic rings. The van der Waals surface area contributed by atoms with E-state index in [1.807, 2.05) is 6.07 Å². The van der Waals surface area contributed by atoms with Crippen LogP contribution in [-0.2, 0) is 4.79 Å². The number of hydrogen-bond acceptors (Lipinski definition) is 4. The van der Waals surface area contributed by atoms with Crippen LogP contribution < -0.4 is 10.2 Å². The van der Waals surface area contributed by atoms with Gasteiger partial charge in [-0.3, -0.25) is 4.79 Å². The summed E-state index contributed by atoms with van der Waals surface area (Å²) in [5.41, 5.74) is 3.85. The number of halogens is 1. The van der Waals surface area contributed by atoms with E-state index < -0.39 is 5.97 Å². The average molecular weight is 530 g/mol. The van der Waals surface area contributed by atoms with Crippen LogP contribution >= 0.6 is 15.9 Å². The normalized spacial score (nSPS) is 11.0. The number of unbranched alkanes of at least 4 members (excludes halogenated alkanes) is 10. The minimum absolute atomic E-state index is 0.0637. The maximum Gasteiger partial charge on any atom is 0.344 e. The van der Waals surface area contributed by atoms with Crippen molar-refractivity contribution in [3.05, 3.63) is 64.1 Å². The molecular weight excluding hydrogens is 492 g/mol. The van der Waals surface area contributed by atoms with Gasteiger partial charge in [-0.25, -0.2) is 10.2 Å². The summed E-state index contributed by atoms with van der Waals surface area (Å²) in [5.74, 6) is -0.0480. The lowest BCUT2D eigenvalue weighted by molar-refractivity contribution is -0.121. The number of carbonyl (C=O) groups excluding carboxylic acids is 2. The predicted molar refractivity (Wildman–Crippen MR) is 142 cm³/mol. The van der Waals surface area contributed by atoms with Gasteiger partial charge in [-0.05, 0) is 64.3 Å². The highest BCUT2D eigenvalue weighted by atomic mass is 79.9. The van der Waals surface area contributed by atoms with E-state index in [-0.39, 0.29) is 5.91 Å². The molecule has 5 nitrogen and oxygen atoms in total. The van der Waals surface area contributed by atoms with Gasteiger partial charge in [0, 0.05) is 10.9 Å². The van der Waals surface area contributed by atoms with Gasteiger partial charge < -0.3 is 4.74 Å². The molecule has 0 bridgehead atoms. The highest BCUT2D eigenvalue weighted by Gasteiger charge is 2.11. The predicted octanol–water partition coefficient (Wildman–Crippen LogP) is 7.82. The van der Waals surface area contributed by atoms with Crippen LogP contribution in [0.1, 0.15) is 99.9 Å². The largest absolute Gasteiger partial charge is 0.423 e. The summed E-state index contributed by atoms with van der Waals surface area (Å²) < 4.78 is 6.09. The lowest BCUT2D eigenvalue weighted by Gasteiger charge is -2.06. The van der Waals surface area contributed by atoms with E-state index in [9.17, 15) is 9.59 Å². The van der Waals surface area contributed by atoms with Crippen molar-refractivity contribution in [3.63, 3.8) is 0 Å². The molecule has 0 aliphatic heterocycles. The van der Waals surface area contributed by atoms with Crippen molar-refractivity contribution in [2.45, 2.75) is 84.0 Å². The zero-order valence-corrected chi connectivity index (χ0v) is 21.8. The molecule has 0 aromatic heterocycles. The van der Waals surface area contributed by atoms with Crippen LogP contribution in [0.25, 0.3) is 0 Å². The molecule has 1 amide bonds. The molecule has 34 heavy (non-hydrogen) atoms. The fraction of sp³-hybridized carbons (Fsp3) is 0.464. The molecule has 1 N–H and O–H groups in total. The third kappa shape index (κ3) is 11.6. The van der Waals surface area contributed by atoms with E-state index in [4.69, 9.17) is 4.74 Å². The number of rotatable bonds is 16. The van der Waals surface area contributed by atoms with Crippen molar-refractivity contribution >= 4 is 34.0 Å². The number of nitrogens with zero attached hydrogens (tertiary/aromatic N) is 1. The Morgan fingerprint density at radius 1 is 0.853 bits per heavy atom. The second-order valence-corrected chi connectivity index (χ2v) is 9.37. The van der Waals surface area contributed by atoms with Crippen molar-refractivity contribution < 1.29 is 14.3 Å². The molecule has 0 radical (unpaired) electrons. The monoisotopic (exact) mass is 528 g/mol. The van der Waals surface area contributed by atoms with Crippen molar-refractivity contribution in [3.8, 4) is 5.75 Å². The molecule has 0 unspecified atom stereocenters. The highest BCUT2D eigenvalue weighted by Crippen LogP contribution is 2.19. The Kier molecular flexibility index (Phi) is 13.9. The number of amides is 1. The number of ether oxygens (including phenoxy) is 1. The van der Waals surface area contributed by atoms with Crippen LogP contribution in [0.4, 0.5) is 0 Å². The van der Waals surface area contributed by atoms with Gasteiger partial charge in [-0.15, -0.1) is 0 Å². The zero-order chi connectivity index (χ0) is 24.4. The number of esters is 1.